The van der Waals surface area contributed by atoms with Gasteiger partial charge in [0.15, 0.2) is 0 Å². The normalized spacial score (nSPS) is 10.4. The molecule has 0 unspecified atom stereocenters. The molecular formula is C17H19NaO3. The zero-order valence-corrected chi connectivity index (χ0v) is 14.4. The number of hydrogen-bond acceptors (Lipinski definition) is 3. The van der Waals surface area contributed by atoms with E-state index < -0.39 is 6.10 Å². The Hall–Kier alpha value is -0.680. The fraction of sp³-hybridized carbons (Fsp3) is 0.294. The molecule has 0 aliphatic rings. The summed E-state index contributed by atoms with van der Waals surface area (Å²) in [4.78, 5) is 0. The summed E-state index contributed by atoms with van der Waals surface area (Å²) in [6.07, 6.45) is -0.845. The molecule has 2 aromatic carbocycles. The minimum absolute atomic E-state index is 0. The number of rotatable bonds is 8. The van der Waals surface area contributed by atoms with E-state index >= 15 is 0 Å². The van der Waals surface area contributed by atoms with Crippen LogP contribution in [0, 0.1) is 0 Å². The summed E-state index contributed by atoms with van der Waals surface area (Å²) in [6, 6.07) is 19.6. The van der Waals surface area contributed by atoms with Crippen molar-refractivity contribution >= 4 is 0 Å². The number of benzene rings is 2. The van der Waals surface area contributed by atoms with Crippen molar-refractivity contribution in [2.24, 2.45) is 0 Å². The van der Waals surface area contributed by atoms with Crippen LogP contribution in [0.3, 0.4) is 0 Å². The van der Waals surface area contributed by atoms with Crippen molar-refractivity contribution in [2.75, 3.05) is 13.2 Å². The molecule has 21 heavy (non-hydrogen) atoms. The predicted molar refractivity (Wildman–Crippen MR) is 76.0 cm³/mol. The molecule has 0 radical (unpaired) electrons. The summed E-state index contributed by atoms with van der Waals surface area (Å²) < 4.78 is 10.8. The molecule has 0 heterocycles. The molecule has 0 N–H and O–H groups in total. The van der Waals surface area contributed by atoms with Crippen molar-refractivity contribution in [2.45, 2.75) is 19.3 Å². The Morgan fingerprint density at radius 3 is 1.48 bits per heavy atom. The van der Waals surface area contributed by atoms with Crippen LogP contribution >= 0.6 is 0 Å². The molecule has 106 valence electrons. The zero-order chi connectivity index (χ0) is 14.0. The number of hydrogen-bond donors (Lipinski definition) is 0. The second kappa shape index (κ2) is 11.0. The van der Waals surface area contributed by atoms with Gasteiger partial charge in [-0.1, -0.05) is 66.8 Å². The van der Waals surface area contributed by atoms with E-state index in [1.54, 1.807) is 0 Å². The Morgan fingerprint density at radius 2 is 1.10 bits per heavy atom. The van der Waals surface area contributed by atoms with Gasteiger partial charge in [-0.3, -0.25) is 0 Å². The van der Waals surface area contributed by atoms with Crippen LogP contribution in [0.4, 0.5) is 0 Å². The first-order valence-corrected chi connectivity index (χ1v) is 6.74. The van der Waals surface area contributed by atoms with Gasteiger partial charge in [-0.25, -0.2) is 0 Å². The molecule has 0 saturated heterocycles. The Kier molecular flexibility index (Phi) is 9.59. The van der Waals surface area contributed by atoms with E-state index in [4.69, 9.17) is 9.47 Å². The first kappa shape index (κ1) is 18.4. The molecule has 0 atom stereocenters. The quantitative estimate of drug-likeness (QED) is 0.596. The van der Waals surface area contributed by atoms with Crippen LogP contribution in [0.25, 0.3) is 0 Å². The third-order valence-electron chi connectivity index (χ3n) is 2.83. The third kappa shape index (κ3) is 7.77. The molecular weight excluding hydrogens is 275 g/mol. The van der Waals surface area contributed by atoms with Crippen LogP contribution in [0.1, 0.15) is 11.1 Å². The Morgan fingerprint density at radius 1 is 0.714 bits per heavy atom. The maximum absolute atomic E-state index is 11.7. The average molecular weight is 294 g/mol. The molecule has 2 aromatic rings. The molecule has 0 bridgehead atoms. The van der Waals surface area contributed by atoms with Gasteiger partial charge in [-0.15, -0.1) is 0 Å². The van der Waals surface area contributed by atoms with Gasteiger partial charge in [0.25, 0.3) is 0 Å². The van der Waals surface area contributed by atoms with Crippen molar-refractivity contribution in [3.8, 4) is 0 Å². The molecule has 0 amide bonds. The monoisotopic (exact) mass is 294 g/mol. The van der Waals surface area contributed by atoms with E-state index in [-0.39, 0.29) is 42.8 Å². The van der Waals surface area contributed by atoms with Crippen molar-refractivity contribution in [1.29, 1.82) is 0 Å². The molecule has 0 saturated carbocycles. The predicted octanol–water partition coefficient (Wildman–Crippen LogP) is -0.847. The van der Waals surface area contributed by atoms with E-state index in [1.807, 2.05) is 60.7 Å². The van der Waals surface area contributed by atoms with Gasteiger partial charge in [-0.2, -0.15) is 0 Å². The summed E-state index contributed by atoms with van der Waals surface area (Å²) in [5.74, 6) is 0. The Balaban J connectivity index is 0.00000220. The Labute approximate surface area is 148 Å². The molecule has 0 fully saturated rings. The van der Waals surface area contributed by atoms with Gasteiger partial charge in [0.2, 0.25) is 0 Å². The second-order valence-electron chi connectivity index (χ2n) is 4.62. The van der Waals surface area contributed by atoms with E-state index in [9.17, 15) is 5.11 Å². The fourth-order valence-electron chi connectivity index (χ4n) is 1.81. The van der Waals surface area contributed by atoms with Crippen molar-refractivity contribution in [3.05, 3.63) is 71.8 Å². The molecule has 0 aromatic heterocycles. The molecule has 3 nitrogen and oxygen atoms in total. The summed E-state index contributed by atoms with van der Waals surface area (Å²) in [6.45, 7) is 1.28. The van der Waals surface area contributed by atoms with Gasteiger partial charge >= 0.3 is 29.6 Å². The van der Waals surface area contributed by atoms with Gasteiger partial charge < -0.3 is 14.6 Å². The van der Waals surface area contributed by atoms with E-state index in [1.165, 1.54) is 0 Å². The van der Waals surface area contributed by atoms with Gasteiger partial charge in [-0.05, 0) is 11.1 Å². The van der Waals surface area contributed by atoms with Crippen LogP contribution in [-0.4, -0.2) is 19.3 Å². The summed E-state index contributed by atoms with van der Waals surface area (Å²) in [7, 11) is 0. The second-order valence-corrected chi connectivity index (χ2v) is 4.62. The van der Waals surface area contributed by atoms with Crippen molar-refractivity contribution in [3.63, 3.8) is 0 Å². The van der Waals surface area contributed by atoms with Crippen molar-refractivity contribution in [1.82, 2.24) is 0 Å². The van der Waals surface area contributed by atoms with Crippen LogP contribution in [0.15, 0.2) is 60.7 Å². The van der Waals surface area contributed by atoms with Gasteiger partial charge in [0.1, 0.15) is 0 Å². The fourth-order valence-corrected chi connectivity index (χ4v) is 1.81. The zero-order valence-electron chi connectivity index (χ0n) is 12.4. The standard InChI is InChI=1S/C17H19O3.Na/c18-17(13-19-11-15-7-3-1-4-8-15)14-20-12-16-9-5-2-6-10-16;/h1-10,17H,11-14H2;/q-1;+1. The van der Waals surface area contributed by atoms with Crippen LogP contribution in [0.5, 0.6) is 0 Å². The van der Waals surface area contributed by atoms with Gasteiger partial charge in [0.05, 0.1) is 13.2 Å². The van der Waals surface area contributed by atoms with Crippen LogP contribution in [0.2, 0.25) is 0 Å². The van der Waals surface area contributed by atoms with Crippen molar-refractivity contribution < 1.29 is 44.1 Å². The topological polar surface area (TPSA) is 41.5 Å². The minimum Gasteiger partial charge on any atom is -0.849 e. The molecule has 0 aliphatic heterocycles. The van der Waals surface area contributed by atoms with E-state index in [0.717, 1.165) is 11.1 Å². The van der Waals surface area contributed by atoms with Crippen LogP contribution in [-0.2, 0) is 22.7 Å². The maximum atomic E-state index is 11.7. The van der Waals surface area contributed by atoms with Gasteiger partial charge in [0, 0.05) is 13.2 Å². The largest absolute Gasteiger partial charge is 1.00 e. The van der Waals surface area contributed by atoms with E-state index in [0.29, 0.717) is 13.2 Å². The summed E-state index contributed by atoms with van der Waals surface area (Å²) in [5, 5.41) is 11.7. The maximum Gasteiger partial charge on any atom is 1.00 e. The first-order valence-electron chi connectivity index (χ1n) is 6.74. The first-order chi connectivity index (χ1) is 9.84. The Bertz CT molecular complexity index is 430. The number of ether oxygens (including phenoxy) is 2. The van der Waals surface area contributed by atoms with Crippen LogP contribution < -0.4 is 34.7 Å². The molecule has 4 heteroatoms. The molecule has 2 rings (SSSR count). The summed E-state index contributed by atoms with van der Waals surface area (Å²) in [5.41, 5.74) is 2.15. The average Bonchev–Trinajstić information content (AvgIpc) is 2.49. The SMILES string of the molecule is [Na+].[O-]C(COCc1ccccc1)COCc1ccccc1. The third-order valence-corrected chi connectivity index (χ3v) is 2.83. The summed E-state index contributed by atoms with van der Waals surface area (Å²) >= 11 is 0. The molecule has 0 aliphatic carbocycles. The smallest absolute Gasteiger partial charge is 0.849 e. The molecule has 0 spiro atoms. The van der Waals surface area contributed by atoms with E-state index in [2.05, 4.69) is 0 Å². The minimum atomic E-state index is -0.845.